The third-order valence-corrected chi connectivity index (χ3v) is 7.75. The topological polar surface area (TPSA) is 80.2 Å². The summed E-state index contributed by atoms with van der Waals surface area (Å²) in [5.74, 6) is -0.0659. The number of hydrogen-bond donors (Lipinski definition) is 1. The number of pyridine rings is 1. The molecule has 4 rings (SSSR count). The van der Waals surface area contributed by atoms with E-state index in [9.17, 15) is 18.0 Å². The van der Waals surface area contributed by atoms with E-state index in [4.69, 9.17) is 4.74 Å². The summed E-state index contributed by atoms with van der Waals surface area (Å²) in [6.45, 7) is 2.81. The molecule has 0 radical (unpaired) electrons. The van der Waals surface area contributed by atoms with Crippen LogP contribution in [0.5, 0.6) is 5.88 Å². The minimum absolute atomic E-state index is 0.127. The highest BCUT2D eigenvalue weighted by Crippen LogP contribution is 2.40. The number of carbonyl (C=O) groups excluding carboxylic acids is 1. The summed E-state index contributed by atoms with van der Waals surface area (Å²) in [5.41, 5.74) is 1.69. The molecule has 1 aliphatic carbocycles. The van der Waals surface area contributed by atoms with Crippen molar-refractivity contribution in [3.63, 3.8) is 0 Å². The molecule has 0 spiro atoms. The summed E-state index contributed by atoms with van der Waals surface area (Å²) in [7, 11) is 3.28. The van der Waals surface area contributed by atoms with E-state index in [1.165, 1.54) is 17.7 Å². The van der Waals surface area contributed by atoms with Gasteiger partial charge >= 0.3 is 6.18 Å². The fourth-order valence-corrected chi connectivity index (χ4v) is 5.67. The predicted molar refractivity (Wildman–Crippen MR) is 129 cm³/mol. The molecular weight excluding hydrogens is 479 g/mol. The van der Waals surface area contributed by atoms with Crippen molar-refractivity contribution in [1.82, 2.24) is 19.9 Å². The van der Waals surface area contributed by atoms with E-state index in [2.05, 4.69) is 20.3 Å². The van der Waals surface area contributed by atoms with Crippen LogP contribution in [0.2, 0.25) is 0 Å². The number of nitrogens with one attached hydrogen (secondary N) is 1. The molecule has 1 saturated carbocycles. The summed E-state index contributed by atoms with van der Waals surface area (Å²) in [6, 6.07) is 3.62. The molecule has 3 aromatic rings. The monoisotopic (exact) mass is 507 g/mol. The molecule has 1 fully saturated rings. The fraction of sp³-hybridized carbons (Fsp3) is 0.500. The molecule has 1 N–H and O–H groups in total. The van der Waals surface area contributed by atoms with Gasteiger partial charge in [0, 0.05) is 32.4 Å². The number of hydrogen-bond acceptors (Lipinski definition) is 7. The van der Waals surface area contributed by atoms with Crippen LogP contribution in [-0.2, 0) is 6.54 Å². The molecule has 3 aromatic heterocycles. The number of aromatic nitrogens is 3. The zero-order valence-electron chi connectivity index (χ0n) is 19.9. The Morgan fingerprint density at radius 2 is 1.97 bits per heavy atom. The maximum Gasteiger partial charge on any atom is 0.391 e. The summed E-state index contributed by atoms with van der Waals surface area (Å²) in [5, 5.41) is 4.10. The van der Waals surface area contributed by atoms with Crippen molar-refractivity contribution in [2.75, 3.05) is 26.0 Å². The molecule has 0 atom stereocenters. The van der Waals surface area contributed by atoms with E-state index in [0.717, 1.165) is 16.5 Å². The first-order valence-corrected chi connectivity index (χ1v) is 12.3. The molecule has 0 saturated heterocycles. The number of rotatable bonds is 7. The van der Waals surface area contributed by atoms with Crippen molar-refractivity contribution >= 4 is 33.3 Å². The maximum atomic E-state index is 13.3. The second-order valence-corrected chi connectivity index (χ2v) is 9.97. The quantitative estimate of drug-likeness (QED) is 0.458. The Morgan fingerprint density at radius 3 is 2.66 bits per heavy atom. The van der Waals surface area contributed by atoms with Crippen molar-refractivity contribution in [1.29, 1.82) is 0 Å². The minimum atomic E-state index is -4.11. The number of thiophene rings is 1. The van der Waals surface area contributed by atoms with Gasteiger partial charge in [-0.05, 0) is 55.7 Å². The maximum absolute atomic E-state index is 13.3. The van der Waals surface area contributed by atoms with Crippen LogP contribution < -0.4 is 10.1 Å². The number of carbonyl (C=O) groups is 1. The number of amides is 1. The molecule has 35 heavy (non-hydrogen) atoms. The summed E-state index contributed by atoms with van der Waals surface area (Å²) < 4.78 is 44.0. The average Bonchev–Trinajstić information content (AvgIpc) is 3.19. The first-order valence-electron chi connectivity index (χ1n) is 11.5. The molecule has 0 aromatic carbocycles. The van der Waals surface area contributed by atoms with Crippen LogP contribution >= 0.6 is 11.3 Å². The first kappa shape index (κ1) is 25.2. The van der Waals surface area contributed by atoms with E-state index < -0.39 is 12.1 Å². The van der Waals surface area contributed by atoms with Crippen molar-refractivity contribution in [3.05, 3.63) is 40.7 Å². The zero-order valence-corrected chi connectivity index (χ0v) is 20.7. The standard InChI is InChI=1S/C24H28F3N5O2S/c1-14-19-21(29-11-15-4-6-17(7-5-15)24(25,26)27)30-13-31-22(19)35-20(14)23(33)32(2)12-16-8-9-28-18(10-16)34-3/h8-10,13,15,17H,4-7,11-12H2,1-3H3,(H,29,30,31). The zero-order chi connectivity index (χ0) is 25.2. The van der Waals surface area contributed by atoms with Crippen LogP contribution in [-0.4, -0.2) is 52.6 Å². The fourth-order valence-electron chi connectivity index (χ4n) is 4.52. The number of anilines is 1. The predicted octanol–water partition coefficient (Wildman–Crippen LogP) is 5.46. The normalized spacial score (nSPS) is 18.5. The Morgan fingerprint density at radius 1 is 1.23 bits per heavy atom. The van der Waals surface area contributed by atoms with E-state index in [1.54, 1.807) is 31.3 Å². The molecule has 0 unspecified atom stereocenters. The SMILES string of the molecule is COc1cc(CN(C)C(=O)c2sc3ncnc(NCC4CCC(C(F)(F)F)CC4)c3c2C)ccn1. The van der Waals surface area contributed by atoms with Gasteiger partial charge in [0.2, 0.25) is 5.88 Å². The molecule has 188 valence electrons. The lowest BCUT2D eigenvalue weighted by atomic mass is 9.81. The highest BCUT2D eigenvalue weighted by atomic mass is 32.1. The van der Waals surface area contributed by atoms with Crippen LogP contribution in [0.25, 0.3) is 10.2 Å². The van der Waals surface area contributed by atoms with Gasteiger partial charge in [0.05, 0.1) is 23.3 Å². The van der Waals surface area contributed by atoms with Crippen LogP contribution in [0.1, 0.15) is 46.5 Å². The minimum Gasteiger partial charge on any atom is -0.481 e. The van der Waals surface area contributed by atoms with Gasteiger partial charge in [0.15, 0.2) is 0 Å². The molecule has 1 aliphatic rings. The number of aryl methyl sites for hydroxylation is 1. The summed E-state index contributed by atoms with van der Waals surface area (Å²) in [6.07, 6.45) is 0.375. The third kappa shape index (κ3) is 5.66. The second-order valence-electron chi connectivity index (χ2n) is 8.97. The van der Waals surface area contributed by atoms with Crippen molar-refractivity contribution in [2.24, 2.45) is 11.8 Å². The molecule has 1 amide bonds. The Labute approximate surface area is 205 Å². The van der Waals surface area contributed by atoms with Crippen molar-refractivity contribution in [2.45, 2.75) is 45.3 Å². The number of ether oxygens (including phenoxy) is 1. The number of methoxy groups -OCH3 is 1. The highest BCUT2D eigenvalue weighted by Gasteiger charge is 2.41. The van der Waals surface area contributed by atoms with Gasteiger partial charge < -0.3 is 15.0 Å². The van der Waals surface area contributed by atoms with Crippen LogP contribution in [0.4, 0.5) is 19.0 Å². The molecular formula is C24H28F3N5O2S. The lowest BCUT2D eigenvalue weighted by molar-refractivity contribution is -0.183. The van der Waals surface area contributed by atoms with Crippen molar-refractivity contribution in [3.8, 4) is 5.88 Å². The van der Waals surface area contributed by atoms with Gasteiger partial charge in [-0.25, -0.2) is 15.0 Å². The first-order chi connectivity index (χ1) is 16.7. The lowest BCUT2D eigenvalue weighted by Crippen LogP contribution is -2.30. The molecule has 11 heteroatoms. The van der Waals surface area contributed by atoms with Gasteiger partial charge in [-0.3, -0.25) is 4.79 Å². The summed E-state index contributed by atoms with van der Waals surface area (Å²) in [4.78, 5) is 29.0. The van der Waals surface area contributed by atoms with Crippen LogP contribution in [0, 0.1) is 18.8 Å². The highest BCUT2D eigenvalue weighted by molar-refractivity contribution is 7.20. The number of nitrogens with zero attached hydrogens (tertiary/aromatic N) is 4. The average molecular weight is 508 g/mol. The number of halogens is 3. The van der Waals surface area contributed by atoms with Gasteiger partial charge in [0.25, 0.3) is 5.91 Å². The Bertz CT molecular complexity index is 1190. The van der Waals surface area contributed by atoms with Gasteiger partial charge in [-0.15, -0.1) is 11.3 Å². The summed E-state index contributed by atoms with van der Waals surface area (Å²) >= 11 is 1.31. The third-order valence-electron chi connectivity index (χ3n) is 6.56. The van der Waals surface area contributed by atoms with Crippen molar-refractivity contribution < 1.29 is 22.7 Å². The van der Waals surface area contributed by atoms with E-state index >= 15 is 0 Å². The van der Waals surface area contributed by atoms with Crippen LogP contribution in [0.15, 0.2) is 24.7 Å². The number of alkyl halides is 3. The Hall–Kier alpha value is -2.95. The Kier molecular flexibility index (Phi) is 7.44. The number of fused-ring (bicyclic) bond motifs is 1. The van der Waals surface area contributed by atoms with E-state index in [-0.39, 0.29) is 24.7 Å². The van der Waals surface area contributed by atoms with Gasteiger partial charge in [0.1, 0.15) is 17.0 Å². The van der Waals surface area contributed by atoms with Gasteiger partial charge in [-0.2, -0.15) is 13.2 Å². The molecule has 3 heterocycles. The largest absolute Gasteiger partial charge is 0.481 e. The Balaban J connectivity index is 1.46. The van der Waals surface area contributed by atoms with Crippen LogP contribution in [0.3, 0.4) is 0 Å². The van der Waals surface area contributed by atoms with Gasteiger partial charge in [-0.1, -0.05) is 0 Å². The van der Waals surface area contributed by atoms with E-state index in [0.29, 0.717) is 47.3 Å². The molecule has 0 aliphatic heterocycles. The van der Waals surface area contributed by atoms with E-state index in [1.807, 2.05) is 13.0 Å². The lowest BCUT2D eigenvalue weighted by Gasteiger charge is -2.30. The molecule has 7 nitrogen and oxygen atoms in total. The molecule has 0 bridgehead atoms. The second kappa shape index (κ2) is 10.3. The smallest absolute Gasteiger partial charge is 0.391 e.